The van der Waals surface area contributed by atoms with Crippen LogP contribution in [0.25, 0.3) is 0 Å². The highest BCUT2D eigenvalue weighted by Crippen LogP contribution is 2.51. The number of carbonyl (C=O) groups excluding carboxylic acids is 1. The molecule has 0 spiro atoms. The Morgan fingerprint density at radius 1 is 1.35 bits per heavy atom. The fraction of sp³-hybridized carbons (Fsp3) is 0.556. The number of aliphatic carboxylic acids is 1. The van der Waals surface area contributed by atoms with Gasteiger partial charge >= 0.3 is 5.97 Å². The molecular weight excluding hydrogens is 294 g/mol. The van der Waals surface area contributed by atoms with Gasteiger partial charge < -0.3 is 15.2 Å². The molecule has 1 saturated carbocycles. The lowest BCUT2D eigenvalue weighted by molar-refractivity contribution is -0.194. The first-order valence-electron chi connectivity index (χ1n) is 7.98. The van der Waals surface area contributed by atoms with Crippen LogP contribution < -0.4 is 5.32 Å². The maximum atomic E-state index is 12.6. The summed E-state index contributed by atoms with van der Waals surface area (Å²) in [6.07, 6.45) is 0.118. The molecule has 2 N–H and O–H groups in total. The molecule has 0 aromatic heterocycles. The summed E-state index contributed by atoms with van der Waals surface area (Å²) >= 11 is 0. The maximum absolute atomic E-state index is 12.6. The highest BCUT2D eigenvalue weighted by Gasteiger charge is 2.66. The second-order valence-electron chi connectivity index (χ2n) is 6.70. The minimum Gasteiger partial charge on any atom is -0.479 e. The number of amides is 1. The Bertz CT molecular complexity index is 584. The monoisotopic (exact) mass is 319 g/mol. The molecule has 3 unspecified atom stereocenters. The summed E-state index contributed by atoms with van der Waals surface area (Å²) in [6, 6.07) is 9.35. The van der Waals surface area contributed by atoms with Gasteiger partial charge in [-0.05, 0) is 19.4 Å². The van der Waals surface area contributed by atoms with E-state index in [1.807, 2.05) is 51.1 Å². The predicted octanol–water partition coefficient (Wildman–Crippen LogP) is 2.56. The molecule has 0 heterocycles. The van der Waals surface area contributed by atoms with Crippen LogP contribution in [0.1, 0.15) is 45.6 Å². The molecule has 126 valence electrons. The van der Waals surface area contributed by atoms with Crippen molar-refractivity contribution >= 4 is 11.9 Å². The third-order valence-electron chi connectivity index (χ3n) is 5.16. The molecule has 1 aliphatic carbocycles. The number of nitrogens with one attached hydrogen (secondary N) is 1. The third-order valence-corrected chi connectivity index (χ3v) is 5.16. The molecular formula is C18H25NO4. The van der Waals surface area contributed by atoms with Crippen molar-refractivity contribution < 1.29 is 19.4 Å². The molecule has 1 aliphatic rings. The zero-order chi connectivity index (χ0) is 17.3. The number of hydrogen-bond acceptors (Lipinski definition) is 3. The number of carboxylic acid groups (broad SMARTS) is 1. The lowest BCUT2D eigenvalue weighted by Crippen LogP contribution is -2.76. The first-order chi connectivity index (χ1) is 10.8. The van der Waals surface area contributed by atoms with Gasteiger partial charge in [0, 0.05) is 18.4 Å². The van der Waals surface area contributed by atoms with Crippen LogP contribution in [0, 0.1) is 5.41 Å². The van der Waals surface area contributed by atoms with Gasteiger partial charge in [-0.1, -0.05) is 44.2 Å². The number of benzene rings is 1. The van der Waals surface area contributed by atoms with E-state index in [0.29, 0.717) is 6.61 Å². The first-order valence-corrected chi connectivity index (χ1v) is 7.98. The van der Waals surface area contributed by atoms with Crippen molar-refractivity contribution in [3.8, 4) is 0 Å². The molecule has 5 heteroatoms. The lowest BCUT2D eigenvalue weighted by Gasteiger charge is -2.58. The Morgan fingerprint density at radius 3 is 2.43 bits per heavy atom. The van der Waals surface area contributed by atoms with E-state index < -0.39 is 22.8 Å². The summed E-state index contributed by atoms with van der Waals surface area (Å²) in [5.74, 6) is -1.69. The van der Waals surface area contributed by atoms with Crippen LogP contribution >= 0.6 is 0 Å². The Balaban J connectivity index is 2.18. The molecule has 23 heavy (non-hydrogen) atoms. The SMILES string of the molecule is CCOC1CC(NC(=O)C(C)c2ccccc2)(C(=O)O)C1(C)C. The summed E-state index contributed by atoms with van der Waals surface area (Å²) in [5.41, 5.74) is -1.09. The number of hydrogen-bond donors (Lipinski definition) is 2. The van der Waals surface area contributed by atoms with Crippen LogP contribution in [0.5, 0.6) is 0 Å². The number of carboxylic acids is 1. The van der Waals surface area contributed by atoms with Gasteiger partial charge in [-0.25, -0.2) is 4.79 Å². The summed E-state index contributed by atoms with van der Waals surface area (Å²) in [7, 11) is 0. The van der Waals surface area contributed by atoms with Crippen LogP contribution in [0.4, 0.5) is 0 Å². The zero-order valence-corrected chi connectivity index (χ0v) is 14.1. The minimum atomic E-state index is -1.28. The second kappa shape index (κ2) is 6.32. The van der Waals surface area contributed by atoms with Gasteiger partial charge in [-0.2, -0.15) is 0 Å². The third kappa shape index (κ3) is 2.85. The smallest absolute Gasteiger partial charge is 0.330 e. The molecule has 0 aliphatic heterocycles. The van der Waals surface area contributed by atoms with Gasteiger partial charge in [0.05, 0.1) is 12.0 Å². The Kier molecular flexibility index (Phi) is 4.80. The van der Waals surface area contributed by atoms with Crippen molar-refractivity contribution in [2.45, 2.75) is 51.7 Å². The van der Waals surface area contributed by atoms with E-state index in [2.05, 4.69) is 5.32 Å². The van der Waals surface area contributed by atoms with Gasteiger partial charge in [0.15, 0.2) is 0 Å². The summed E-state index contributed by atoms with van der Waals surface area (Å²) < 4.78 is 5.61. The van der Waals surface area contributed by atoms with Gasteiger partial charge in [0.2, 0.25) is 5.91 Å². The van der Waals surface area contributed by atoms with Gasteiger partial charge in [-0.15, -0.1) is 0 Å². The van der Waals surface area contributed by atoms with Crippen molar-refractivity contribution in [3.05, 3.63) is 35.9 Å². The van der Waals surface area contributed by atoms with E-state index in [0.717, 1.165) is 5.56 Å². The minimum absolute atomic E-state index is 0.170. The van der Waals surface area contributed by atoms with E-state index in [1.165, 1.54) is 0 Å². The van der Waals surface area contributed by atoms with E-state index in [9.17, 15) is 14.7 Å². The molecule has 5 nitrogen and oxygen atoms in total. The van der Waals surface area contributed by atoms with Crippen molar-refractivity contribution in [1.29, 1.82) is 0 Å². The number of rotatable bonds is 6. The Hall–Kier alpha value is -1.88. The van der Waals surface area contributed by atoms with Crippen molar-refractivity contribution in [3.63, 3.8) is 0 Å². The molecule has 1 aromatic carbocycles. The largest absolute Gasteiger partial charge is 0.479 e. The molecule has 0 radical (unpaired) electrons. The molecule has 1 amide bonds. The molecule has 1 fully saturated rings. The zero-order valence-electron chi connectivity index (χ0n) is 14.1. The second-order valence-corrected chi connectivity index (χ2v) is 6.70. The Labute approximate surface area is 137 Å². The molecule has 1 aromatic rings. The molecule has 0 bridgehead atoms. The summed E-state index contributed by atoms with van der Waals surface area (Å²) in [4.78, 5) is 24.5. The number of carbonyl (C=O) groups is 2. The first kappa shape index (κ1) is 17.5. The molecule has 2 rings (SSSR count). The Morgan fingerprint density at radius 2 is 1.96 bits per heavy atom. The average Bonchev–Trinajstić information content (AvgIpc) is 2.53. The van der Waals surface area contributed by atoms with Crippen LogP contribution in [0.2, 0.25) is 0 Å². The van der Waals surface area contributed by atoms with Gasteiger partial charge in [-0.3, -0.25) is 4.79 Å². The topological polar surface area (TPSA) is 75.6 Å². The summed E-state index contributed by atoms with van der Waals surface area (Å²) in [5, 5.41) is 12.5. The average molecular weight is 319 g/mol. The van der Waals surface area contributed by atoms with Crippen molar-refractivity contribution in [2.24, 2.45) is 5.41 Å². The molecule has 3 atom stereocenters. The van der Waals surface area contributed by atoms with Gasteiger partial charge in [0.1, 0.15) is 5.54 Å². The molecule has 0 saturated heterocycles. The quantitative estimate of drug-likeness (QED) is 0.845. The highest BCUT2D eigenvalue weighted by atomic mass is 16.5. The van der Waals surface area contributed by atoms with E-state index in [-0.39, 0.29) is 18.4 Å². The van der Waals surface area contributed by atoms with E-state index in [4.69, 9.17) is 4.74 Å². The normalized spacial score (nSPS) is 26.9. The van der Waals surface area contributed by atoms with Crippen molar-refractivity contribution in [2.75, 3.05) is 6.61 Å². The van der Waals surface area contributed by atoms with E-state index >= 15 is 0 Å². The van der Waals surface area contributed by atoms with Gasteiger partial charge in [0.25, 0.3) is 0 Å². The highest BCUT2D eigenvalue weighted by molar-refractivity contribution is 5.92. The van der Waals surface area contributed by atoms with E-state index in [1.54, 1.807) is 6.92 Å². The fourth-order valence-corrected chi connectivity index (χ4v) is 3.25. The lowest BCUT2D eigenvalue weighted by atomic mass is 9.54. The standard InChI is InChI=1S/C18H25NO4/c1-5-23-14-11-18(16(21)22,17(14,3)4)19-15(20)12(2)13-9-7-6-8-10-13/h6-10,12,14H,5,11H2,1-4H3,(H,19,20)(H,21,22). The van der Waals surface area contributed by atoms with Crippen molar-refractivity contribution in [1.82, 2.24) is 5.32 Å². The van der Waals surface area contributed by atoms with Crippen LogP contribution in [0.3, 0.4) is 0 Å². The maximum Gasteiger partial charge on any atom is 0.330 e. The van der Waals surface area contributed by atoms with Crippen LogP contribution in [-0.4, -0.2) is 35.2 Å². The fourth-order valence-electron chi connectivity index (χ4n) is 3.25. The number of ether oxygens (including phenoxy) is 1. The predicted molar refractivity (Wildman–Crippen MR) is 87.2 cm³/mol. The van der Waals surface area contributed by atoms with Crippen LogP contribution in [-0.2, 0) is 14.3 Å². The van der Waals surface area contributed by atoms with Crippen LogP contribution in [0.15, 0.2) is 30.3 Å². The summed E-state index contributed by atoms with van der Waals surface area (Å²) in [6.45, 7) is 7.85.